The largest absolute Gasteiger partial charge is 0.396 e. The van der Waals surface area contributed by atoms with Gasteiger partial charge in [0.1, 0.15) is 0 Å². The molecule has 116 valence electrons. The van der Waals surface area contributed by atoms with Crippen LogP contribution in [-0.4, -0.2) is 48.2 Å². The Kier molecular flexibility index (Phi) is 6.70. The summed E-state index contributed by atoms with van der Waals surface area (Å²) in [6.07, 6.45) is 5.09. The Hall–Kier alpha value is -1.39. The molecule has 0 bridgehead atoms. The van der Waals surface area contributed by atoms with E-state index in [-0.39, 0.29) is 18.6 Å². The van der Waals surface area contributed by atoms with Gasteiger partial charge in [0.25, 0.3) is 0 Å². The van der Waals surface area contributed by atoms with Gasteiger partial charge in [-0.15, -0.1) is 0 Å². The molecule has 1 aliphatic rings. The summed E-state index contributed by atoms with van der Waals surface area (Å²) in [4.78, 5) is 14.1. The zero-order valence-electron chi connectivity index (χ0n) is 12.6. The lowest BCUT2D eigenvalue weighted by Gasteiger charge is -2.33. The van der Waals surface area contributed by atoms with Gasteiger partial charge in [0.2, 0.25) is 5.91 Å². The number of aliphatic hydroxyl groups is 1. The first kappa shape index (κ1) is 16.0. The number of carbonyl (C=O) groups excluding carboxylic acids is 1. The molecule has 0 unspecified atom stereocenters. The third-order valence-electron chi connectivity index (χ3n) is 3.92. The molecule has 0 aliphatic carbocycles. The van der Waals surface area contributed by atoms with Crippen LogP contribution >= 0.6 is 0 Å². The van der Waals surface area contributed by atoms with Gasteiger partial charge >= 0.3 is 0 Å². The van der Waals surface area contributed by atoms with E-state index >= 15 is 0 Å². The fourth-order valence-electron chi connectivity index (χ4n) is 2.88. The third kappa shape index (κ3) is 5.86. The Morgan fingerprint density at radius 3 is 2.67 bits per heavy atom. The first-order chi connectivity index (χ1) is 10.3. The molecule has 1 aromatic rings. The van der Waals surface area contributed by atoms with Crippen LogP contribution in [0.15, 0.2) is 30.3 Å². The third-order valence-corrected chi connectivity index (χ3v) is 3.92. The molecular formula is C17H26N2O2. The van der Waals surface area contributed by atoms with E-state index in [1.165, 1.54) is 5.56 Å². The first-order valence-corrected chi connectivity index (χ1v) is 7.94. The SMILES string of the molecule is O=C1CN(CCCCCCO)C[C@H](Cc2ccccc2)N1. The van der Waals surface area contributed by atoms with Crippen molar-refractivity contribution in [2.45, 2.75) is 38.1 Å². The van der Waals surface area contributed by atoms with Crippen molar-refractivity contribution < 1.29 is 9.90 Å². The number of amides is 1. The van der Waals surface area contributed by atoms with Crippen molar-refractivity contribution in [3.8, 4) is 0 Å². The lowest BCUT2D eigenvalue weighted by molar-refractivity contribution is -0.125. The topological polar surface area (TPSA) is 52.6 Å². The van der Waals surface area contributed by atoms with Crippen LogP contribution in [-0.2, 0) is 11.2 Å². The van der Waals surface area contributed by atoms with Crippen LogP contribution in [0.2, 0.25) is 0 Å². The number of aliphatic hydroxyl groups excluding tert-OH is 1. The molecule has 4 heteroatoms. The Morgan fingerprint density at radius 2 is 1.90 bits per heavy atom. The molecule has 0 saturated carbocycles. The highest BCUT2D eigenvalue weighted by Crippen LogP contribution is 2.09. The van der Waals surface area contributed by atoms with Gasteiger partial charge in [-0.3, -0.25) is 9.69 Å². The number of hydrogen-bond donors (Lipinski definition) is 2. The Balaban J connectivity index is 1.75. The van der Waals surface area contributed by atoms with Gasteiger partial charge in [-0.1, -0.05) is 43.2 Å². The molecule has 1 atom stereocenters. The van der Waals surface area contributed by atoms with Crippen LogP contribution in [0.5, 0.6) is 0 Å². The average Bonchev–Trinajstić information content (AvgIpc) is 2.47. The molecule has 4 nitrogen and oxygen atoms in total. The molecule has 21 heavy (non-hydrogen) atoms. The number of rotatable bonds is 8. The molecular weight excluding hydrogens is 264 g/mol. The van der Waals surface area contributed by atoms with Gasteiger partial charge in [0, 0.05) is 19.2 Å². The second-order valence-corrected chi connectivity index (χ2v) is 5.83. The fraction of sp³-hybridized carbons (Fsp3) is 0.588. The van der Waals surface area contributed by atoms with Crippen LogP contribution < -0.4 is 5.32 Å². The molecule has 1 fully saturated rings. The van der Waals surface area contributed by atoms with Crippen molar-refractivity contribution >= 4 is 5.91 Å². The van der Waals surface area contributed by atoms with E-state index in [0.29, 0.717) is 6.54 Å². The molecule has 0 radical (unpaired) electrons. The van der Waals surface area contributed by atoms with Crippen LogP contribution in [0.25, 0.3) is 0 Å². The normalized spacial score (nSPS) is 19.5. The zero-order valence-corrected chi connectivity index (χ0v) is 12.6. The van der Waals surface area contributed by atoms with E-state index in [1.807, 2.05) is 18.2 Å². The van der Waals surface area contributed by atoms with Crippen molar-refractivity contribution in [3.05, 3.63) is 35.9 Å². The second-order valence-electron chi connectivity index (χ2n) is 5.83. The summed E-state index contributed by atoms with van der Waals surface area (Å²) in [7, 11) is 0. The molecule has 2 rings (SSSR count). The van der Waals surface area contributed by atoms with Crippen molar-refractivity contribution in [3.63, 3.8) is 0 Å². The number of piperazine rings is 1. The van der Waals surface area contributed by atoms with Gasteiger partial charge < -0.3 is 10.4 Å². The van der Waals surface area contributed by atoms with Crippen molar-refractivity contribution in [2.24, 2.45) is 0 Å². The lowest BCUT2D eigenvalue weighted by atomic mass is 10.0. The molecule has 1 aliphatic heterocycles. The summed E-state index contributed by atoms with van der Waals surface area (Å²) in [5.74, 6) is 0.137. The molecule has 1 saturated heterocycles. The van der Waals surface area contributed by atoms with E-state index in [0.717, 1.165) is 45.2 Å². The van der Waals surface area contributed by atoms with Crippen LogP contribution in [0.3, 0.4) is 0 Å². The maximum Gasteiger partial charge on any atom is 0.234 e. The maximum atomic E-state index is 11.8. The Morgan fingerprint density at radius 1 is 1.14 bits per heavy atom. The van der Waals surface area contributed by atoms with Crippen molar-refractivity contribution in [1.82, 2.24) is 10.2 Å². The summed E-state index contributed by atoms with van der Waals surface area (Å²) in [5, 5.41) is 11.9. The van der Waals surface area contributed by atoms with Crippen molar-refractivity contribution in [2.75, 3.05) is 26.2 Å². The van der Waals surface area contributed by atoms with E-state index in [4.69, 9.17) is 5.11 Å². The Labute approximate surface area is 127 Å². The van der Waals surface area contributed by atoms with Crippen molar-refractivity contribution in [1.29, 1.82) is 0 Å². The minimum absolute atomic E-state index is 0.137. The highest BCUT2D eigenvalue weighted by molar-refractivity contribution is 5.79. The smallest absolute Gasteiger partial charge is 0.234 e. The predicted octanol–water partition coefficient (Wildman–Crippen LogP) is 1.58. The van der Waals surface area contributed by atoms with Gasteiger partial charge in [0.15, 0.2) is 0 Å². The molecule has 2 N–H and O–H groups in total. The highest BCUT2D eigenvalue weighted by atomic mass is 16.2. The number of unbranched alkanes of at least 4 members (excludes halogenated alkanes) is 3. The average molecular weight is 290 g/mol. The van der Waals surface area contributed by atoms with E-state index < -0.39 is 0 Å². The summed E-state index contributed by atoms with van der Waals surface area (Å²) in [5.41, 5.74) is 1.27. The number of nitrogens with zero attached hydrogens (tertiary/aromatic N) is 1. The summed E-state index contributed by atoms with van der Waals surface area (Å²) in [6.45, 7) is 2.71. The highest BCUT2D eigenvalue weighted by Gasteiger charge is 2.24. The molecule has 0 aromatic heterocycles. The number of benzene rings is 1. The minimum Gasteiger partial charge on any atom is -0.396 e. The number of nitrogens with one attached hydrogen (secondary N) is 1. The maximum absolute atomic E-state index is 11.8. The van der Waals surface area contributed by atoms with E-state index in [2.05, 4.69) is 22.3 Å². The standard InChI is InChI=1S/C17H26N2O2/c20-11-7-2-1-6-10-19-13-16(18-17(21)14-19)12-15-8-4-3-5-9-15/h3-5,8-9,16,20H,1-2,6-7,10-14H2,(H,18,21)/t16-/m0/s1. The van der Waals surface area contributed by atoms with Gasteiger partial charge in [-0.25, -0.2) is 0 Å². The van der Waals surface area contributed by atoms with Crippen LogP contribution in [0.1, 0.15) is 31.2 Å². The lowest BCUT2D eigenvalue weighted by Crippen LogP contribution is -2.54. The van der Waals surface area contributed by atoms with Gasteiger partial charge in [0.05, 0.1) is 6.54 Å². The fourth-order valence-corrected chi connectivity index (χ4v) is 2.88. The summed E-state index contributed by atoms with van der Waals surface area (Å²) < 4.78 is 0. The minimum atomic E-state index is 0.137. The zero-order chi connectivity index (χ0) is 14.9. The summed E-state index contributed by atoms with van der Waals surface area (Å²) >= 11 is 0. The number of carbonyl (C=O) groups is 1. The monoisotopic (exact) mass is 290 g/mol. The molecule has 0 spiro atoms. The second kappa shape index (κ2) is 8.80. The van der Waals surface area contributed by atoms with Gasteiger partial charge in [-0.2, -0.15) is 0 Å². The summed E-state index contributed by atoms with van der Waals surface area (Å²) in [6, 6.07) is 10.5. The van der Waals surface area contributed by atoms with E-state index in [1.54, 1.807) is 0 Å². The molecule has 1 amide bonds. The van der Waals surface area contributed by atoms with E-state index in [9.17, 15) is 4.79 Å². The number of hydrogen-bond acceptors (Lipinski definition) is 3. The molecule has 1 heterocycles. The first-order valence-electron chi connectivity index (χ1n) is 7.94. The Bertz CT molecular complexity index is 422. The van der Waals surface area contributed by atoms with Crippen LogP contribution in [0, 0.1) is 0 Å². The quantitative estimate of drug-likeness (QED) is 0.715. The predicted molar refractivity (Wildman–Crippen MR) is 84.1 cm³/mol. The molecule has 1 aromatic carbocycles. The van der Waals surface area contributed by atoms with Gasteiger partial charge in [-0.05, 0) is 31.4 Å². The van der Waals surface area contributed by atoms with Crippen LogP contribution in [0.4, 0.5) is 0 Å².